The lowest BCUT2D eigenvalue weighted by Gasteiger charge is -2.31. The predicted octanol–water partition coefficient (Wildman–Crippen LogP) is 5.19. The molecular weight excluding hydrogens is 490 g/mol. The second-order valence-electron chi connectivity index (χ2n) is 8.81. The number of hydrogen-bond acceptors (Lipinski definition) is 4. The molecule has 0 unspecified atom stereocenters. The summed E-state index contributed by atoms with van der Waals surface area (Å²) in [7, 11) is 0. The van der Waals surface area contributed by atoms with Crippen molar-refractivity contribution in [3.8, 4) is 11.5 Å². The number of halogens is 1. The van der Waals surface area contributed by atoms with Gasteiger partial charge >= 0.3 is 12.0 Å². The zero-order valence-electron chi connectivity index (χ0n) is 20.7. The Morgan fingerprint density at radius 1 is 1.11 bits per heavy atom. The first kappa shape index (κ1) is 24.6. The van der Waals surface area contributed by atoms with Gasteiger partial charge in [0.15, 0.2) is 0 Å². The molecule has 2 aromatic heterocycles. The maximum Gasteiger partial charge on any atom is 0.318 e. The fourth-order valence-corrected chi connectivity index (χ4v) is 4.98. The topological polar surface area (TPSA) is 81.4 Å². The minimum atomic E-state index is -0.424. The van der Waals surface area contributed by atoms with Gasteiger partial charge in [0.1, 0.15) is 5.82 Å². The molecule has 0 spiro atoms. The SMILES string of the molecule is CCOC(=O)CCNC(=O)N1Cc2c(C)nn(-c3ccccc3)c2-n2cccc2[C@H]1c1cccc(Cl)c1. The summed E-state index contributed by atoms with van der Waals surface area (Å²) in [5.74, 6) is 0.541. The minimum Gasteiger partial charge on any atom is -0.466 e. The molecule has 0 saturated heterocycles. The van der Waals surface area contributed by atoms with Crippen LogP contribution in [-0.4, -0.2) is 44.4 Å². The lowest BCUT2D eigenvalue weighted by Crippen LogP contribution is -2.42. The van der Waals surface area contributed by atoms with Crippen LogP contribution in [0.2, 0.25) is 5.02 Å². The Bertz CT molecular complexity index is 1430. The Kier molecular flexibility index (Phi) is 7.01. The van der Waals surface area contributed by atoms with Crippen molar-refractivity contribution in [3.05, 3.63) is 100 Å². The van der Waals surface area contributed by atoms with Crippen molar-refractivity contribution in [2.75, 3.05) is 13.2 Å². The monoisotopic (exact) mass is 517 g/mol. The van der Waals surface area contributed by atoms with Crippen molar-refractivity contribution in [1.29, 1.82) is 0 Å². The third kappa shape index (κ3) is 4.84. The molecule has 8 nitrogen and oxygen atoms in total. The fourth-order valence-electron chi connectivity index (χ4n) is 4.78. The van der Waals surface area contributed by atoms with E-state index in [2.05, 4.69) is 9.88 Å². The Balaban J connectivity index is 1.61. The summed E-state index contributed by atoms with van der Waals surface area (Å²) in [5.41, 5.74) is 4.48. The van der Waals surface area contributed by atoms with Crippen molar-refractivity contribution < 1.29 is 14.3 Å². The highest BCUT2D eigenvalue weighted by molar-refractivity contribution is 6.30. The van der Waals surface area contributed by atoms with Gasteiger partial charge in [-0.1, -0.05) is 41.9 Å². The van der Waals surface area contributed by atoms with E-state index in [-0.39, 0.29) is 25.0 Å². The number of aryl methyl sites for hydroxylation is 1. The first-order valence-electron chi connectivity index (χ1n) is 12.2. The molecule has 1 aliphatic heterocycles. The number of urea groups is 1. The van der Waals surface area contributed by atoms with E-state index in [0.29, 0.717) is 18.2 Å². The van der Waals surface area contributed by atoms with Crippen LogP contribution in [0.4, 0.5) is 4.79 Å². The van der Waals surface area contributed by atoms with Crippen LogP contribution in [-0.2, 0) is 16.1 Å². The lowest BCUT2D eigenvalue weighted by atomic mass is 10.0. The van der Waals surface area contributed by atoms with E-state index in [4.69, 9.17) is 21.4 Å². The van der Waals surface area contributed by atoms with Crippen LogP contribution in [0.25, 0.3) is 11.5 Å². The van der Waals surface area contributed by atoms with Gasteiger partial charge in [-0.25, -0.2) is 9.48 Å². The number of aromatic nitrogens is 3. The molecule has 1 N–H and O–H groups in total. The highest BCUT2D eigenvalue weighted by Crippen LogP contribution is 2.38. The molecule has 0 radical (unpaired) electrons. The van der Waals surface area contributed by atoms with Crippen LogP contribution >= 0.6 is 11.6 Å². The van der Waals surface area contributed by atoms with E-state index >= 15 is 0 Å². The summed E-state index contributed by atoms with van der Waals surface area (Å²) in [6, 6.07) is 20.8. The standard InChI is InChI=1S/C28H28ClN5O3/c1-3-37-25(35)14-15-30-28(36)33-18-23-19(2)31-34(22-11-5-4-6-12-22)27(23)32-16-8-13-24(32)26(33)20-9-7-10-21(29)17-20/h4-13,16-17,26H,3,14-15,18H2,1-2H3,(H,30,36)/t26-/m1/s1. The Morgan fingerprint density at radius 2 is 1.92 bits per heavy atom. The molecule has 190 valence electrons. The molecular formula is C28H28ClN5O3. The van der Waals surface area contributed by atoms with E-state index in [1.165, 1.54) is 0 Å². The number of ether oxygens (including phenoxy) is 1. The number of hydrogen-bond donors (Lipinski definition) is 1. The molecule has 1 aliphatic rings. The molecule has 0 fully saturated rings. The first-order valence-corrected chi connectivity index (χ1v) is 12.6. The van der Waals surface area contributed by atoms with Crippen LogP contribution < -0.4 is 5.32 Å². The second kappa shape index (κ2) is 10.5. The summed E-state index contributed by atoms with van der Waals surface area (Å²) >= 11 is 6.39. The molecule has 9 heteroatoms. The Labute approximate surface area is 220 Å². The van der Waals surface area contributed by atoms with Gasteiger partial charge in [0.2, 0.25) is 0 Å². The minimum absolute atomic E-state index is 0.0991. The average Bonchev–Trinajstić information content (AvgIpc) is 3.45. The van der Waals surface area contributed by atoms with Crippen LogP contribution in [0.1, 0.15) is 41.9 Å². The summed E-state index contributed by atoms with van der Waals surface area (Å²) in [6.45, 7) is 4.51. The molecule has 3 heterocycles. The van der Waals surface area contributed by atoms with Crippen molar-refractivity contribution in [2.24, 2.45) is 0 Å². The van der Waals surface area contributed by atoms with Gasteiger partial charge in [-0.05, 0) is 55.8 Å². The van der Waals surface area contributed by atoms with E-state index in [0.717, 1.165) is 34.0 Å². The number of carbonyl (C=O) groups is 2. The van der Waals surface area contributed by atoms with Crippen LogP contribution in [0.15, 0.2) is 72.9 Å². The Hall–Kier alpha value is -4.04. The number of esters is 1. The van der Waals surface area contributed by atoms with Gasteiger partial charge in [-0.2, -0.15) is 5.10 Å². The van der Waals surface area contributed by atoms with Crippen molar-refractivity contribution in [1.82, 2.24) is 24.6 Å². The number of benzene rings is 2. The van der Waals surface area contributed by atoms with E-state index in [9.17, 15) is 9.59 Å². The number of amides is 2. The molecule has 2 amide bonds. The van der Waals surface area contributed by atoms with Crippen molar-refractivity contribution >= 4 is 23.6 Å². The largest absolute Gasteiger partial charge is 0.466 e. The average molecular weight is 518 g/mol. The summed E-state index contributed by atoms with van der Waals surface area (Å²) in [6.07, 6.45) is 2.09. The normalized spacial score (nSPS) is 14.5. The van der Waals surface area contributed by atoms with E-state index in [1.54, 1.807) is 11.8 Å². The lowest BCUT2D eigenvalue weighted by molar-refractivity contribution is -0.142. The van der Waals surface area contributed by atoms with Gasteiger partial charge in [-0.3, -0.25) is 4.79 Å². The van der Waals surface area contributed by atoms with Gasteiger partial charge in [0.05, 0.1) is 42.7 Å². The van der Waals surface area contributed by atoms with Crippen LogP contribution in [0.3, 0.4) is 0 Å². The molecule has 0 aliphatic carbocycles. The second-order valence-corrected chi connectivity index (χ2v) is 9.25. The molecule has 37 heavy (non-hydrogen) atoms. The summed E-state index contributed by atoms with van der Waals surface area (Å²) in [4.78, 5) is 27.3. The number of nitrogens with zero attached hydrogens (tertiary/aromatic N) is 4. The number of rotatable bonds is 6. The zero-order valence-corrected chi connectivity index (χ0v) is 21.5. The van der Waals surface area contributed by atoms with E-state index in [1.807, 2.05) is 84.5 Å². The highest BCUT2D eigenvalue weighted by atomic mass is 35.5. The van der Waals surface area contributed by atoms with Gasteiger partial charge in [-0.15, -0.1) is 0 Å². The number of fused-ring (bicyclic) bond motifs is 3. The highest BCUT2D eigenvalue weighted by Gasteiger charge is 2.36. The van der Waals surface area contributed by atoms with Gasteiger partial charge in [0, 0.05) is 23.3 Å². The van der Waals surface area contributed by atoms with Gasteiger partial charge < -0.3 is 19.5 Å². The number of carbonyl (C=O) groups excluding carboxylic acids is 2. The Morgan fingerprint density at radius 3 is 2.68 bits per heavy atom. The molecule has 0 bridgehead atoms. The maximum absolute atomic E-state index is 13.7. The van der Waals surface area contributed by atoms with E-state index < -0.39 is 6.04 Å². The molecule has 5 rings (SSSR count). The zero-order chi connectivity index (χ0) is 25.9. The third-order valence-corrected chi connectivity index (χ3v) is 6.66. The first-order chi connectivity index (χ1) is 18.0. The molecule has 2 aromatic carbocycles. The van der Waals surface area contributed by atoms with Crippen molar-refractivity contribution in [2.45, 2.75) is 32.9 Å². The smallest absolute Gasteiger partial charge is 0.318 e. The molecule has 0 saturated carbocycles. The fraction of sp³-hybridized carbons (Fsp3) is 0.250. The summed E-state index contributed by atoms with van der Waals surface area (Å²) < 4.78 is 9.02. The number of para-hydroxylation sites is 1. The predicted molar refractivity (Wildman–Crippen MR) is 141 cm³/mol. The van der Waals surface area contributed by atoms with Crippen LogP contribution in [0, 0.1) is 6.92 Å². The van der Waals surface area contributed by atoms with Crippen LogP contribution in [0.5, 0.6) is 0 Å². The van der Waals surface area contributed by atoms with Gasteiger partial charge in [0.25, 0.3) is 0 Å². The quantitative estimate of drug-likeness (QED) is 0.357. The molecule has 4 aromatic rings. The third-order valence-electron chi connectivity index (χ3n) is 6.42. The maximum atomic E-state index is 13.7. The van der Waals surface area contributed by atoms with Crippen molar-refractivity contribution in [3.63, 3.8) is 0 Å². The summed E-state index contributed by atoms with van der Waals surface area (Å²) in [5, 5.41) is 8.35. The number of nitrogens with one attached hydrogen (secondary N) is 1. The molecule has 1 atom stereocenters.